The molecule has 6 nitrogen and oxygen atoms in total. The summed E-state index contributed by atoms with van der Waals surface area (Å²) in [5, 5.41) is 10.4. The van der Waals surface area contributed by atoms with Gasteiger partial charge in [0.05, 0.1) is 6.54 Å². The standard InChI is InChI=1S/C21H26N4O2/c1-14-7-9-15(10-8-14)21(27)25-12-11-18-17(13-25)19(24-23-18)20(26)22-16-5-3-2-4-6-16/h7-10,16H,2-6,11-13H2,1H3,(H,22,26)(H,23,24). The number of amides is 2. The molecule has 6 heteroatoms. The van der Waals surface area contributed by atoms with Gasteiger partial charge in [0.25, 0.3) is 11.8 Å². The van der Waals surface area contributed by atoms with Crippen LogP contribution in [0.25, 0.3) is 0 Å². The minimum Gasteiger partial charge on any atom is -0.348 e. The first-order chi connectivity index (χ1) is 13.1. The highest BCUT2D eigenvalue weighted by Crippen LogP contribution is 2.23. The molecular weight excluding hydrogens is 340 g/mol. The van der Waals surface area contributed by atoms with Gasteiger partial charge < -0.3 is 10.2 Å². The van der Waals surface area contributed by atoms with Crippen molar-refractivity contribution >= 4 is 11.8 Å². The molecule has 2 heterocycles. The normalized spacial score (nSPS) is 17.4. The number of H-pyrrole nitrogens is 1. The lowest BCUT2D eigenvalue weighted by atomic mass is 9.95. The molecule has 27 heavy (non-hydrogen) atoms. The zero-order chi connectivity index (χ0) is 18.8. The molecule has 1 aromatic carbocycles. The summed E-state index contributed by atoms with van der Waals surface area (Å²) in [6, 6.07) is 7.86. The molecular formula is C21H26N4O2. The zero-order valence-electron chi connectivity index (χ0n) is 15.8. The van der Waals surface area contributed by atoms with E-state index in [1.54, 1.807) is 4.90 Å². The maximum Gasteiger partial charge on any atom is 0.272 e. The summed E-state index contributed by atoms with van der Waals surface area (Å²) in [5.41, 5.74) is 4.08. The Hall–Kier alpha value is -2.63. The van der Waals surface area contributed by atoms with Gasteiger partial charge in [-0.3, -0.25) is 14.7 Å². The highest BCUT2D eigenvalue weighted by Gasteiger charge is 2.29. The molecule has 1 aliphatic carbocycles. The fraction of sp³-hybridized carbons (Fsp3) is 0.476. The summed E-state index contributed by atoms with van der Waals surface area (Å²) in [5.74, 6) is -0.121. The fourth-order valence-corrected chi connectivity index (χ4v) is 4.04. The molecule has 1 aromatic heterocycles. The number of aryl methyl sites for hydroxylation is 1. The van der Waals surface area contributed by atoms with Crippen LogP contribution in [0.5, 0.6) is 0 Å². The lowest BCUT2D eigenvalue weighted by Crippen LogP contribution is -2.39. The Bertz CT molecular complexity index is 834. The fourth-order valence-electron chi connectivity index (χ4n) is 4.04. The van der Waals surface area contributed by atoms with Gasteiger partial charge in [0.2, 0.25) is 0 Å². The summed E-state index contributed by atoms with van der Waals surface area (Å²) in [7, 11) is 0. The predicted octanol–water partition coefficient (Wildman–Crippen LogP) is 2.98. The molecule has 1 fully saturated rings. The lowest BCUT2D eigenvalue weighted by molar-refractivity contribution is 0.0730. The minimum absolute atomic E-state index is 0.000452. The van der Waals surface area contributed by atoms with Gasteiger partial charge in [0.1, 0.15) is 0 Å². The number of benzene rings is 1. The monoisotopic (exact) mass is 366 g/mol. The molecule has 0 atom stereocenters. The third-order valence-electron chi connectivity index (χ3n) is 5.67. The number of nitrogens with one attached hydrogen (secondary N) is 2. The van der Waals surface area contributed by atoms with E-state index >= 15 is 0 Å². The van der Waals surface area contributed by atoms with Crippen LogP contribution in [0.1, 0.15) is 69.8 Å². The minimum atomic E-state index is -0.121. The second-order valence-corrected chi connectivity index (χ2v) is 7.68. The average Bonchev–Trinajstić information content (AvgIpc) is 3.12. The Morgan fingerprint density at radius 3 is 2.63 bits per heavy atom. The smallest absolute Gasteiger partial charge is 0.272 e. The van der Waals surface area contributed by atoms with Crippen molar-refractivity contribution in [3.8, 4) is 0 Å². The molecule has 0 radical (unpaired) electrons. The topological polar surface area (TPSA) is 78.1 Å². The highest BCUT2D eigenvalue weighted by molar-refractivity contribution is 5.96. The molecule has 1 saturated carbocycles. The van der Waals surface area contributed by atoms with Gasteiger partial charge in [-0.1, -0.05) is 37.0 Å². The van der Waals surface area contributed by atoms with Crippen LogP contribution in [0.15, 0.2) is 24.3 Å². The van der Waals surface area contributed by atoms with E-state index in [-0.39, 0.29) is 17.9 Å². The largest absolute Gasteiger partial charge is 0.348 e. The van der Waals surface area contributed by atoms with E-state index in [1.807, 2.05) is 31.2 Å². The maximum atomic E-state index is 12.8. The van der Waals surface area contributed by atoms with Crippen molar-refractivity contribution < 1.29 is 9.59 Å². The van der Waals surface area contributed by atoms with E-state index in [1.165, 1.54) is 19.3 Å². The second-order valence-electron chi connectivity index (χ2n) is 7.68. The number of aromatic nitrogens is 2. The lowest BCUT2D eigenvalue weighted by Gasteiger charge is -2.27. The Labute approximate surface area is 159 Å². The van der Waals surface area contributed by atoms with Crippen molar-refractivity contribution in [2.75, 3.05) is 6.54 Å². The van der Waals surface area contributed by atoms with Crippen LogP contribution in [0, 0.1) is 6.92 Å². The summed E-state index contributed by atoms with van der Waals surface area (Å²) in [6.45, 7) is 3.06. The first-order valence-electron chi connectivity index (χ1n) is 9.85. The third-order valence-corrected chi connectivity index (χ3v) is 5.67. The van der Waals surface area contributed by atoms with Gasteiger partial charge in [0.15, 0.2) is 5.69 Å². The number of aromatic amines is 1. The summed E-state index contributed by atoms with van der Waals surface area (Å²) >= 11 is 0. The van der Waals surface area contributed by atoms with Gasteiger partial charge in [-0.25, -0.2) is 0 Å². The Balaban J connectivity index is 1.48. The summed E-state index contributed by atoms with van der Waals surface area (Å²) in [6.07, 6.45) is 6.36. The van der Waals surface area contributed by atoms with Crippen molar-refractivity contribution in [1.82, 2.24) is 20.4 Å². The van der Waals surface area contributed by atoms with Crippen LogP contribution in [-0.4, -0.2) is 39.5 Å². The molecule has 0 saturated heterocycles. The third kappa shape index (κ3) is 3.75. The van der Waals surface area contributed by atoms with Crippen LogP contribution in [0.2, 0.25) is 0 Å². The van der Waals surface area contributed by atoms with E-state index in [0.717, 1.165) is 29.7 Å². The number of fused-ring (bicyclic) bond motifs is 1. The van der Waals surface area contributed by atoms with Gasteiger partial charge in [0, 0.05) is 35.8 Å². The Kier molecular flexibility index (Phi) is 4.97. The first-order valence-corrected chi connectivity index (χ1v) is 9.85. The van der Waals surface area contributed by atoms with Crippen molar-refractivity contribution in [3.05, 3.63) is 52.3 Å². The van der Waals surface area contributed by atoms with Crippen molar-refractivity contribution in [2.24, 2.45) is 0 Å². The average molecular weight is 366 g/mol. The van der Waals surface area contributed by atoms with Gasteiger partial charge in [-0.15, -0.1) is 0 Å². The molecule has 142 valence electrons. The van der Waals surface area contributed by atoms with E-state index < -0.39 is 0 Å². The first kappa shape index (κ1) is 17.8. The van der Waals surface area contributed by atoms with Crippen LogP contribution >= 0.6 is 0 Å². The SMILES string of the molecule is Cc1ccc(C(=O)N2CCc3[nH]nc(C(=O)NC4CCCCC4)c3C2)cc1. The van der Waals surface area contributed by atoms with Crippen molar-refractivity contribution in [2.45, 2.75) is 58.0 Å². The molecule has 0 bridgehead atoms. The Morgan fingerprint density at radius 1 is 1.15 bits per heavy atom. The van der Waals surface area contributed by atoms with Crippen LogP contribution in [-0.2, 0) is 13.0 Å². The number of carbonyl (C=O) groups excluding carboxylic acids is 2. The molecule has 2 N–H and O–H groups in total. The molecule has 2 aromatic rings. The number of nitrogens with zero attached hydrogens (tertiary/aromatic N) is 2. The van der Waals surface area contributed by atoms with Crippen LogP contribution in [0.3, 0.4) is 0 Å². The van der Waals surface area contributed by atoms with Gasteiger partial charge >= 0.3 is 0 Å². The molecule has 4 rings (SSSR count). The van der Waals surface area contributed by atoms with Crippen LogP contribution < -0.4 is 5.32 Å². The Morgan fingerprint density at radius 2 is 1.89 bits per heavy atom. The van der Waals surface area contributed by atoms with Gasteiger partial charge in [-0.05, 0) is 31.9 Å². The van der Waals surface area contributed by atoms with Gasteiger partial charge in [-0.2, -0.15) is 5.10 Å². The quantitative estimate of drug-likeness (QED) is 0.877. The van der Waals surface area contributed by atoms with E-state index in [9.17, 15) is 9.59 Å². The molecule has 2 amide bonds. The number of rotatable bonds is 3. The number of hydrogen-bond acceptors (Lipinski definition) is 3. The van der Waals surface area contributed by atoms with Crippen molar-refractivity contribution in [1.29, 1.82) is 0 Å². The summed E-state index contributed by atoms with van der Waals surface area (Å²) < 4.78 is 0. The molecule has 1 aliphatic heterocycles. The number of hydrogen-bond donors (Lipinski definition) is 2. The predicted molar refractivity (Wildman–Crippen MR) is 103 cm³/mol. The summed E-state index contributed by atoms with van der Waals surface area (Å²) in [4.78, 5) is 27.4. The highest BCUT2D eigenvalue weighted by atomic mass is 16.2. The van der Waals surface area contributed by atoms with E-state index in [2.05, 4.69) is 15.5 Å². The zero-order valence-corrected chi connectivity index (χ0v) is 15.8. The second kappa shape index (κ2) is 7.55. The van der Waals surface area contributed by atoms with E-state index in [0.29, 0.717) is 30.8 Å². The molecule has 2 aliphatic rings. The molecule has 0 unspecified atom stereocenters. The maximum absolute atomic E-state index is 12.8. The number of carbonyl (C=O) groups is 2. The van der Waals surface area contributed by atoms with Crippen molar-refractivity contribution in [3.63, 3.8) is 0 Å². The molecule has 0 spiro atoms. The van der Waals surface area contributed by atoms with E-state index in [4.69, 9.17) is 0 Å². The van der Waals surface area contributed by atoms with Crippen LogP contribution in [0.4, 0.5) is 0 Å².